The highest BCUT2D eigenvalue weighted by Gasteiger charge is 2.38. The zero-order valence-electron chi connectivity index (χ0n) is 16.5. The lowest BCUT2D eigenvalue weighted by Gasteiger charge is -2.42. The van der Waals surface area contributed by atoms with Gasteiger partial charge in [0.25, 0.3) is 0 Å². The van der Waals surface area contributed by atoms with Crippen LogP contribution in [-0.4, -0.2) is 43.1 Å². The number of nitrogens with one attached hydrogen (secondary N) is 1. The summed E-state index contributed by atoms with van der Waals surface area (Å²) in [4.78, 5) is 25.8. The van der Waals surface area contributed by atoms with Crippen LogP contribution < -0.4 is 5.32 Å². The molecule has 2 amide bonds. The third-order valence-corrected chi connectivity index (χ3v) is 5.82. The molecular formula is C21H29FN2O3. The van der Waals surface area contributed by atoms with Crippen LogP contribution in [0.15, 0.2) is 18.2 Å². The number of hydrogen-bond acceptors (Lipinski definition) is 3. The second-order valence-corrected chi connectivity index (χ2v) is 8.76. The second kappa shape index (κ2) is 7.49. The van der Waals surface area contributed by atoms with Gasteiger partial charge in [-0.2, -0.15) is 0 Å². The van der Waals surface area contributed by atoms with Gasteiger partial charge in [0.15, 0.2) is 0 Å². The first-order valence-corrected chi connectivity index (χ1v) is 9.64. The van der Waals surface area contributed by atoms with E-state index in [2.05, 4.69) is 5.32 Å². The second-order valence-electron chi connectivity index (χ2n) is 8.76. The van der Waals surface area contributed by atoms with Crippen molar-refractivity contribution in [2.75, 3.05) is 20.2 Å². The van der Waals surface area contributed by atoms with Crippen LogP contribution in [0.5, 0.6) is 0 Å². The van der Waals surface area contributed by atoms with Crippen molar-refractivity contribution >= 4 is 12.0 Å². The average Bonchev–Trinajstić information content (AvgIpc) is 2.77. The summed E-state index contributed by atoms with van der Waals surface area (Å²) in [6.45, 7) is 6.64. The van der Waals surface area contributed by atoms with Gasteiger partial charge in [-0.3, -0.25) is 4.79 Å². The number of halogens is 1. The Balaban J connectivity index is 1.60. The molecule has 1 heterocycles. The first-order valence-electron chi connectivity index (χ1n) is 9.64. The molecule has 0 unspecified atom stereocenters. The zero-order valence-corrected chi connectivity index (χ0v) is 16.5. The molecule has 148 valence electrons. The molecule has 1 aromatic carbocycles. The number of hydrogen-bond donors (Lipinski definition) is 1. The van der Waals surface area contributed by atoms with Crippen molar-refractivity contribution in [3.8, 4) is 0 Å². The third kappa shape index (κ3) is 4.25. The molecule has 3 rings (SSSR count). The van der Waals surface area contributed by atoms with Crippen molar-refractivity contribution in [3.63, 3.8) is 0 Å². The summed E-state index contributed by atoms with van der Waals surface area (Å²) in [7, 11) is 1.84. The van der Waals surface area contributed by atoms with Crippen molar-refractivity contribution in [3.05, 3.63) is 35.1 Å². The summed E-state index contributed by atoms with van der Waals surface area (Å²) in [5, 5.41) is 2.62. The van der Waals surface area contributed by atoms with Gasteiger partial charge >= 0.3 is 6.09 Å². The Morgan fingerprint density at radius 1 is 1.30 bits per heavy atom. The van der Waals surface area contributed by atoms with E-state index >= 15 is 0 Å². The standard InChI is InChI=1S/C21H29FN2O3/c1-21(2,3)17-11-13(5-6-18(17)22)15-9-16(10-15)24(4)19(25)14-7-8-27-20(26)23-12-14/h5-6,11,14-16H,7-10,12H2,1-4H3,(H,23,26)/t14-,15?,16?/m1/s1. The lowest BCUT2D eigenvalue weighted by molar-refractivity contribution is -0.138. The highest BCUT2D eigenvalue weighted by atomic mass is 19.1. The molecule has 27 heavy (non-hydrogen) atoms. The summed E-state index contributed by atoms with van der Waals surface area (Å²) in [6.07, 6.45) is 1.85. The van der Waals surface area contributed by atoms with Crippen LogP contribution in [-0.2, 0) is 14.9 Å². The van der Waals surface area contributed by atoms with E-state index in [-0.39, 0.29) is 35.7 Å². The number of amides is 2. The molecular weight excluding hydrogens is 347 g/mol. The van der Waals surface area contributed by atoms with Gasteiger partial charge in [-0.1, -0.05) is 32.9 Å². The first kappa shape index (κ1) is 19.6. The summed E-state index contributed by atoms with van der Waals surface area (Å²) >= 11 is 0. The Hall–Kier alpha value is -2.11. The number of carbonyl (C=O) groups excluding carboxylic acids is 2. The maximum Gasteiger partial charge on any atom is 0.407 e. The van der Waals surface area contributed by atoms with Crippen LogP contribution in [0.3, 0.4) is 0 Å². The average molecular weight is 376 g/mol. The maximum absolute atomic E-state index is 14.1. The van der Waals surface area contributed by atoms with E-state index in [0.717, 1.165) is 24.0 Å². The van der Waals surface area contributed by atoms with Crippen molar-refractivity contribution < 1.29 is 18.7 Å². The monoisotopic (exact) mass is 376 g/mol. The molecule has 2 fully saturated rings. The summed E-state index contributed by atoms with van der Waals surface area (Å²) in [6, 6.07) is 5.60. The van der Waals surface area contributed by atoms with Crippen molar-refractivity contribution in [2.45, 2.75) is 57.4 Å². The van der Waals surface area contributed by atoms with Gasteiger partial charge in [0.1, 0.15) is 5.82 Å². The van der Waals surface area contributed by atoms with Crippen LogP contribution in [0.1, 0.15) is 57.1 Å². The minimum Gasteiger partial charge on any atom is -0.450 e. The smallest absolute Gasteiger partial charge is 0.407 e. The van der Waals surface area contributed by atoms with Gasteiger partial charge in [-0.15, -0.1) is 0 Å². The van der Waals surface area contributed by atoms with E-state index in [9.17, 15) is 14.0 Å². The van der Waals surface area contributed by atoms with E-state index in [1.165, 1.54) is 0 Å². The van der Waals surface area contributed by atoms with E-state index in [4.69, 9.17) is 4.74 Å². The molecule has 6 heteroatoms. The number of rotatable bonds is 3. The van der Waals surface area contributed by atoms with Crippen molar-refractivity contribution in [2.24, 2.45) is 5.92 Å². The molecule has 0 spiro atoms. The molecule has 1 saturated heterocycles. The predicted molar refractivity (Wildman–Crippen MR) is 101 cm³/mol. The Bertz CT molecular complexity index is 723. The molecule has 1 aliphatic heterocycles. The molecule has 0 aromatic heterocycles. The van der Waals surface area contributed by atoms with Gasteiger partial charge in [0.2, 0.25) is 5.91 Å². The predicted octanol–water partition coefficient (Wildman–Crippen LogP) is 3.57. The molecule has 1 saturated carbocycles. The lowest BCUT2D eigenvalue weighted by Crippen LogP contribution is -2.48. The number of carbonyl (C=O) groups is 2. The summed E-state index contributed by atoms with van der Waals surface area (Å²) < 4.78 is 19.1. The van der Waals surface area contributed by atoms with Gasteiger partial charge < -0.3 is 15.0 Å². The highest BCUT2D eigenvalue weighted by molar-refractivity contribution is 5.80. The van der Waals surface area contributed by atoms with Gasteiger partial charge in [-0.05, 0) is 47.8 Å². The molecule has 0 bridgehead atoms. The maximum atomic E-state index is 14.1. The molecule has 1 N–H and O–H groups in total. The number of cyclic esters (lactones) is 1. The quantitative estimate of drug-likeness (QED) is 0.877. The van der Waals surface area contributed by atoms with E-state index in [1.807, 2.05) is 44.9 Å². The number of nitrogens with zero attached hydrogens (tertiary/aromatic N) is 1. The molecule has 5 nitrogen and oxygen atoms in total. The van der Waals surface area contributed by atoms with Crippen LogP contribution in [0.2, 0.25) is 0 Å². The Morgan fingerprint density at radius 2 is 2.00 bits per heavy atom. The van der Waals surface area contributed by atoms with E-state index in [1.54, 1.807) is 6.07 Å². The Morgan fingerprint density at radius 3 is 2.67 bits per heavy atom. The van der Waals surface area contributed by atoms with Crippen LogP contribution in [0, 0.1) is 11.7 Å². The SMILES string of the molecule is CN(C(=O)[C@@H]1CCOC(=O)NC1)C1CC(c2ccc(F)c(C(C)(C)C)c2)C1. The fourth-order valence-corrected chi connectivity index (χ4v) is 3.88. The topological polar surface area (TPSA) is 58.6 Å². The Kier molecular flexibility index (Phi) is 5.45. The number of benzene rings is 1. The van der Waals surface area contributed by atoms with Crippen molar-refractivity contribution in [1.82, 2.24) is 10.2 Å². The van der Waals surface area contributed by atoms with E-state index < -0.39 is 6.09 Å². The first-order chi connectivity index (χ1) is 12.7. The van der Waals surface area contributed by atoms with Crippen LogP contribution >= 0.6 is 0 Å². The molecule has 0 radical (unpaired) electrons. The lowest BCUT2D eigenvalue weighted by atomic mass is 9.73. The fourth-order valence-electron chi connectivity index (χ4n) is 3.88. The number of ether oxygens (including phenoxy) is 1. The molecule has 1 atom stereocenters. The normalized spacial score (nSPS) is 25.7. The largest absolute Gasteiger partial charge is 0.450 e. The minimum absolute atomic E-state index is 0.0544. The number of alkyl carbamates (subject to hydrolysis) is 1. The van der Waals surface area contributed by atoms with Crippen LogP contribution in [0.4, 0.5) is 9.18 Å². The van der Waals surface area contributed by atoms with Crippen LogP contribution in [0.25, 0.3) is 0 Å². The van der Waals surface area contributed by atoms with E-state index in [0.29, 0.717) is 18.9 Å². The Labute approximate surface area is 160 Å². The summed E-state index contributed by atoms with van der Waals surface area (Å²) in [5.41, 5.74) is 1.65. The molecule has 2 aliphatic rings. The van der Waals surface area contributed by atoms with Gasteiger partial charge in [0.05, 0.1) is 12.5 Å². The highest BCUT2D eigenvalue weighted by Crippen LogP contribution is 2.41. The molecule has 1 aliphatic carbocycles. The zero-order chi connectivity index (χ0) is 19.8. The summed E-state index contributed by atoms with van der Waals surface area (Å²) in [5.74, 6) is 0.00807. The third-order valence-electron chi connectivity index (χ3n) is 5.82. The fraction of sp³-hybridized carbons (Fsp3) is 0.619. The van der Waals surface area contributed by atoms with Gasteiger partial charge in [0, 0.05) is 19.6 Å². The minimum atomic E-state index is -0.456. The van der Waals surface area contributed by atoms with Crippen molar-refractivity contribution in [1.29, 1.82) is 0 Å². The molecule has 1 aromatic rings. The van der Waals surface area contributed by atoms with Gasteiger partial charge in [-0.25, -0.2) is 9.18 Å².